The number of esters is 1. The second-order valence-electron chi connectivity index (χ2n) is 3.85. The van der Waals surface area contributed by atoms with Crippen molar-refractivity contribution >= 4 is 28.9 Å². The summed E-state index contributed by atoms with van der Waals surface area (Å²) < 4.78 is 11.0. The Bertz CT molecular complexity index is 349. The number of halogens is 1. The van der Waals surface area contributed by atoms with Crippen LogP contribution in [0.4, 0.5) is 0 Å². The molecule has 0 radical (unpaired) electrons. The van der Waals surface area contributed by atoms with Gasteiger partial charge in [0.05, 0.1) is 23.5 Å². The van der Waals surface area contributed by atoms with Crippen LogP contribution in [0.15, 0.2) is 12.1 Å². The Morgan fingerprint density at radius 3 is 2.76 bits per heavy atom. The maximum Gasteiger partial charge on any atom is 0.306 e. The van der Waals surface area contributed by atoms with Crippen LogP contribution in [-0.4, -0.2) is 25.3 Å². The fourth-order valence-corrected chi connectivity index (χ4v) is 2.31. The Hall–Kier alpha value is -0.580. The number of rotatable bonds is 7. The molecule has 0 aliphatic carbocycles. The zero-order chi connectivity index (χ0) is 12.7. The van der Waals surface area contributed by atoms with E-state index >= 15 is 0 Å². The molecular formula is C12H17ClO3S. The molecule has 96 valence electrons. The minimum atomic E-state index is -0.193. The summed E-state index contributed by atoms with van der Waals surface area (Å²) in [7, 11) is 0. The summed E-state index contributed by atoms with van der Waals surface area (Å²) in [6, 6.07) is 3.77. The lowest BCUT2D eigenvalue weighted by Gasteiger charge is -2.07. The Labute approximate surface area is 111 Å². The van der Waals surface area contributed by atoms with Gasteiger partial charge in [-0.3, -0.25) is 4.79 Å². The lowest BCUT2D eigenvalue weighted by molar-refractivity contribution is -0.145. The second kappa shape index (κ2) is 7.69. The summed E-state index contributed by atoms with van der Waals surface area (Å²) >= 11 is 7.29. The Balaban J connectivity index is 2.09. The second-order valence-corrected chi connectivity index (χ2v) is 5.65. The van der Waals surface area contributed by atoms with Crippen molar-refractivity contribution in [3.05, 3.63) is 21.3 Å². The molecule has 0 aliphatic heterocycles. The molecule has 0 fully saturated rings. The number of hydrogen-bond acceptors (Lipinski definition) is 4. The molecule has 0 saturated carbocycles. The fourth-order valence-electron chi connectivity index (χ4n) is 1.22. The van der Waals surface area contributed by atoms with E-state index < -0.39 is 0 Å². The highest BCUT2D eigenvalue weighted by molar-refractivity contribution is 7.16. The highest BCUT2D eigenvalue weighted by atomic mass is 35.5. The summed E-state index contributed by atoms with van der Waals surface area (Å²) in [5, 5.41) is 0. The lowest BCUT2D eigenvalue weighted by atomic mass is 10.3. The molecule has 0 aromatic carbocycles. The number of aryl methyl sites for hydroxylation is 1. The number of thiophene rings is 1. The van der Waals surface area contributed by atoms with E-state index in [1.54, 1.807) is 0 Å². The van der Waals surface area contributed by atoms with Crippen LogP contribution in [0.2, 0.25) is 4.34 Å². The molecule has 0 saturated heterocycles. The van der Waals surface area contributed by atoms with Gasteiger partial charge in [-0.1, -0.05) is 11.6 Å². The van der Waals surface area contributed by atoms with Gasteiger partial charge in [-0.2, -0.15) is 0 Å². The van der Waals surface area contributed by atoms with Gasteiger partial charge < -0.3 is 9.47 Å². The maximum atomic E-state index is 11.4. The molecular weight excluding hydrogens is 260 g/mol. The molecule has 1 aromatic rings. The van der Waals surface area contributed by atoms with Crippen LogP contribution in [0, 0.1) is 0 Å². The van der Waals surface area contributed by atoms with E-state index in [1.807, 2.05) is 26.0 Å². The van der Waals surface area contributed by atoms with Crippen molar-refractivity contribution in [2.45, 2.75) is 32.8 Å². The molecule has 0 aliphatic rings. The van der Waals surface area contributed by atoms with Crippen molar-refractivity contribution in [3.8, 4) is 0 Å². The molecule has 1 heterocycles. The predicted octanol–water partition coefficient (Wildman–Crippen LogP) is 3.30. The standard InChI is InChI=1S/C12H17ClO3S/c1-9(2)15-7-8-16-12(14)6-4-10-3-5-11(13)17-10/h3,5,9H,4,6-8H2,1-2H3. The van der Waals surface area contributed by atoms with E-state index in [1.165, 1.54) is 11.3 Å². The first-order valence-electron chi connectivity index (χ1n) is 5.59. The Kier molecular flexibility index (Phi) is 6.55. The zero-order valence-corrected chi connectivity index (χ0v) is 11.6. The summed E-state index contributed by atoms with van der Waals surface area (Å²) in [5.41, 5.74) is 0. The van der Waals surface area contributed by atoms with Crippen molar-refractivity contribution in [1.82, 2.24) is 0 Å². The van der Waals surface area contributed by atoms with Gasteiger partial charge in [0.25, 0.3) is 0 Å². The third kappa shape index (κ3) is 6.66. The summed E-state index contributed by atoms with van der Waals surface area (Å²) in [4.78, 5) is 12.5. The average Bonchev–Trinajstić information content (AvgIpc) is 2.67. The van der Waals surface area contributed by atoms with Gasteiger partial charge in [-0.05, 0) is 32.4 Å². The summed E-state index contributed by atoms with van der Waals surface area (Å²) in [6.07, 6.45) is 1.24. The maximum absolute atomic E-state index is 11.4. The fraction of sp³-hybridized carbons (Fsp3) is 0.583. The van der Waals surface area contributed by atoms with Crippen LogP contribution in [0.5, 0.6) is 0 Å². The molecule has 1 rings (SSSR count). The Morgan fingerprint density at radius 1 is 1.41 bits per heavy atom. The van der Waals surface area contributed by atoms with Crippen LogP contribution in [0.25, 0.3) is 0 Å². The average molecular weight is 277 g/mol. The quantitative estimate of drug-likeness (QED) is 0.566. The van der Waals surface area contributed by atoms with E-state index in [0.717, 1.165) is 9.21 Å². The van der Waals surface area contributed by atoms with Crippen LogP contribution in [0.3, 0.4) is 0 Å². The predicted molar refractivity (Wildman–Crippen MR) is 69.7 cm³/mol. The first kappa shape index (κ1) is 14.5. The Morgan fingerprint density at radius 2 is 2.18 bits per heavy atom. The number of carbonyl (C=O) groups excluding carboxylic acids is 1. The molecule has 0 bridgehead atoms. The molecule has 17 heavy (non-hydrogen) atoms. The monoisotopic (exact) mass is 276 g/mol. The van der Waals surface area contributed by atoms with Crippen molar-refractivity contribution in [2.24, 2.45) is 0 Å². The van der Waals surface area contributed by atoms with Gasteiger partial charge in [-0.25, -0.2) is 0 Å². The summed E-state index contributed by atoms with van der Waals surface area (Å²) in [5.74, 6) is -0.193. The molecule has 0 unspecified atom stereocenters. The SMILES string of the molecule is CC(C)OCCOC(=O)CCc1ccc(Cl)s1. The van der Waals surface area contributed by atoms with Crippen LogP contribution < -0.4 is 0 Å². The third-order valence-electron chi connectivity index (χ3n) is 2.00. The van der Waals surface area contributed by atoms with Crippen LogP contribution in [0.1, 0.15) is 25.1 Å². The molecule has 3 nitrogen and oxygen atoms in total. The minimum Gasteiger partial charge on any atom is -0.463 e. The number of ether oxygens (including phenoxy) is 2. The first-order chi connectivity index (χ1) is 8.08. The smallest absolute Gasteiger partial charge is 0.306 e. The number of hydrogen-bond donors (Lipinski definition) is 0. The molecule has 0 spiro atoms. The molecule has 1 aromatic heterocycles. The van der Waals surface area contributed by atoms with Crippen LogP contribution in [-0.2, 0) is 20.7 Å². The van der Waals surface area contributed by atoms with Gasteiger partial charge in [0.2, 0.25) is 0 Å². The lowest BCUT2D eigenvalue weighted by Crippen LogP contribution is -2.13. The van der Waals surface area contributed by atoms with E-state index in [0.29, 0.717) is 26.1 Å². The third-order valence-corrected chi connectivity index (χ3v) is 3.29. The van der Waals surface area contributed by atoms with Gasteiger partial charge in [-0.15, -0.1) is 11.3 Å². The van der Waals surface area contributed by atoms with Crippen LogP contribution >= 0.6 is 22.9 Å². The largest absolute Gasteiger partial charge is 0.463 e. The van der Waals surface area contributed by atoms with Gasteiger partial charge in [0, 0.05) is 4.88 Å². The van der Waals surface area contributed by atoms with Crippen molar-refractivity contribution in [2.75, 3.05) is 13.2 Å². The van der Waals surface area contributed by atoms with Gasteiger partial charge in [0.1, 0.15) is 6.61 Å². The number of carbonyl (C=O) groups is 1. The highest BCUT2D eigenvalue weighted by Crippen LogP contribution is 2.22. The molecule has 0 N–H and O–H groups in total. The minimum absolute atomic E-state index is 0.168. The van der Waals surface area contributed by atoms with E-state index in [2.05, 4.69) is 0 Å². The first-order valence-corrected chi connectivity index (χ1v) is 6.79. The van der Waals surface area contributed by atoms with Crippen molar-refractivity contribution in [1.29, 1.82) is 0 Å². The normalized spacial score (nSPS) is 10.8. The van der Waals surface area contributed by atoms with E-state index in [9.17, 15) is 4.79 Å². The van der Waals surface area contributed by atoms with E-state index in [4.69, 9.17) is 21.1 Å². The highest BCUT2D eigenvalue weighted by Gasteiger charge is 2.05. The van der Waals surface area contributed by atoms with Gasteiger partial charge >= 0.3 is 5.97 Å². The molecule has 0 amide bonds. The van der Waals surface area contributed by atoms with Crippen molar-refractivity contribution < 1.29 is 14.3 Å². The zero-order valence-electron chi connectivity index (χ0n) is 10.1. The van der Waals surface area contributed by atoms with E-state index in [-0.39, 0.29) is 12.1 Å². The molecule has 0 atom stereocenters. The summed E-state index contributed by atoms with van der Waals surface area (Å²) in [6.45, 7) is 4.67. The van der Waals surface area contributed by atoms with Gasteiger partial charge in [0.15, 0.2) is 0 Å². The topological polar surface area (TPSA) is 35.5 Å². The molecule has 5 heteroatoms. The van der Waals surface area contributed by atoms with Crippen molar-refractivity contribution in [3.63, 3.8) is 0 Å².